The average Bonchev–Trinajstić information content (AvgIpc) is 3.42. The second-order valence-electron chi connectivity index (χ2n) is 16.3. The van der Waals surface area contributed by atoms with Crippen LogP contribution < -0.4 is 0 Å². The van der Waals surface area contributed by atoms with Crippen molar-refractivity contribution in [3.05, 3.63) is 35.5 Å². The highest BCUT2D eigenvalue weighted by molar-refractivity contribution is 5.39. The Kier molecular flexibility index (Phi) is 13.6. The Bertz CT molecular complexity index is 1140. The average molecular weight is 693 g/mol. The molecule has 2 aliphatic heterocycles. The van der Waals surface area contributed by atoms with Crippen molar-refractivity contribution in [2.75, 3.05) is 19.8 Å². The first-order valence-corrected chi connectivity index (χ1v) is 19.6. The molecule has 9 atom stereocenters. The van der Waals surface area contributed by atoms with Crippen molar-refractivity contribution in [2.24, 2.45) is 23.2 Å². The Morgan fingerprint density at radius 2 is 1.65 bits per heavy atom. The third-order valence-electron chi connectivity index (χ3n) is 12.5. The first-order chi connectivity index (χ1) is 23.3. The summed E-state index contributed by atoms with van der Waals surface area (Å²) >= 11 is 0. The molecule has 5 rings (SSSR count). The summed E-state index contributed by atoms with van der Waals surface area (Å²) in [5, 5.41) is 0. The Morgan fingerprint density at radius 3 is 2.31 bits per heavy atom. The highest BCUT2D eigenvalue weighted by Crippen LogP contribution is 2.60. The SMILES string of the molecule is C=C1C(=CC=C2CCC[C@]3(C)[C@@H]([C@H](C)CCC(F)(F)C(C)(C)OC(C)OCC)CC[C@@H]23)C[C@H](OC2CCCCO2)C[C@H]1OC1CCCCO1. The van der Waals surface area contributed by atoms with Crippen LogP contribution in [0.3, 0.4) is 0 Å². The van der Waals surface area contributed by atoms with E-state index in [1.807, 2.05) is 6.92 Å². The van der Waals surface area contributed by atoms with Gasteiger partial charge in [0.1, 0.15) is 5.60 Å². The Labute approximate surface area is 295 Å². The Balaban J connectivity index is 1.26. The molecule has 3 aliphatic carbocycles. The maximum Gasteiger partial charge on any atom is 0.276 e. The fourth-order valence-corrected chi connectivity index (χ4v) is 9.60. The number of fused-ring (bicyclic) bond motifs is 1. The quantitative estimate of drug-likeness (QED) is 0.169. The zero-order valence-corrected chi connectivity index (χ0v) is 31.4. The molecule has 0 amide bonds. The van der Waals surface area contributed by atoms with Gasteiger partial charge in [-0.1, -0.05) is 38.2 Å². The topological polar surface area (TPSA) is 55.4 Å². The van der Waals surface area contributed by atoms with Crippen molar-refractivity contribution in [3.8, 4) is 0 Å². The van der Waals surface area contributed by atoms with Crippen LogP contribution in [0.4, 0.5) is 8.78 Å². The molecule has 5 aliphatic rings. The van der Waals surface area contributed by atoms with Gasteiger partial charge in [-0.05, 0) is 145 Å². The summed E-state index contributed by atoms with van der Waals surface area (Å²) in [6.45, 7) is 17.6. The van der Waals surface area contributed by atoms with Crippen LogP contribution in [0, 0.1) is 23.2 Å². The molecule has 49 heavy (non-hydrogen) atoms. The van der Waals surface area contributed by atoms with Crippen LogP contribution in [0.15, 0.2) is 35.5 Å². The maximum absolute atomic E-state index is 15.5. The highest BCUT2D eigenvalue weighted by Gasteiger charge is 2.53. The van der Waals surface area contributed by atoms with E-state index >= 15 is 8.78 Å². The molecule has 280 valence electrons. The van der Waals surface area contributed by atoms with Crippen molar-refractivity contribution in [3.63, 3.8) is 0 Å². The summed E-state index contributed by atoms with van der Waals surface area (Å²) in [5.74, 6) is -1.86. The molecule has 0 aromatic heterocycles. The minimum atomic E-state index is -2.95. The number of rotatable bonds is 14. The van der Waals surface area contributed by atoms with Gasteiger partial charge in [-0.3, -0.25) is 0 Å². The lowest BCUT2D eigenvalue weighted by atomic mass is 9.60. The summed E-state index contributed by atoms with van der Waals surface area (Å²) in [5.41, 5.74) is 2.25. The van der Waals surface area contributed by atoms with Crippen LogP contribution in [0.1, 0.15) is 138 Å². The van der Waals surface area contributed by atoms with Gasteiger partial charge < -0.3 is 28.4 Å². The minimum absolute atomic E-state index is 0.0102. The van der Waals surface area contributed by atoms with E-state index < -0.39 is 17.8 Å². The van der Waals surface area contributed by atoms with E-state index in [1.165, 1.54) is 25.0 Å². The molecule has 0 spiro atoms. The van der Waals surface area contributed by atoms with Gasteiger partial charge in [-0.15, -0.1) is 0 Å². The van der Waals surface area contributed by atoms with Gasteiger partial charge in [0.2, 0.25) is 0 Å². The molecular formula is C41H66F2O6. The van der Waals surface area contributed by atoms with E-state index in [2.05, 4.69) is 32.6 Å². The standard InChI is InChI=1S/C41H66F2O6/c1-8-44-30(4)49-39(5,6)41(42,43)23-21-28(2)34-19-20-35-31(14-13-22-40(34,35)7)17-18-32-26-33(47-37-15-9-11-24-45-37)27-36(29(32)3)48-38-16-10-12-25-46-38/h17-18,28,30,33-38H,3,8-16,19-27H2,1-2,4-7H3/t28-,30?,33+,34-,35+,36-,37?,38?,40-/m1/s1. The van der Waals surface area contributed by atoms with Crippen molar-refractivity contribution >= 4 is 0 Å². The van der Waals surface area contributed by atoms with Crippen LogP contribution in [0.5, 0.6) is 0 Å². The zero-order valence-electron chi connectivity index (χ0n) is 31.4. The van der Waals surface area contributed by atoms with E-state index in [0.29, 0.717) is 24.9 Å². The second kappa shape index (κ2) is 17.1. The smallest absolute Gasteiger partial charge is 0.276 e. The molecule has 3 saturated carbocycles. The lowest BCUT2D eigenvalue weighted by Crippen LogP contribution is -2.48. The monoisotopic (exact) mass is 692 g/mol. The molecule has 2 saturated heterocycles. The highest BCUT2D eigenvalue weighted by atomic mass is 19.3. The summed E-state index contributed by atoms with van der Waals surface area (Å²) in [7, 11) is 0. The molecule has 0 aromatic rings. The van der Waals surface area contributed by atoms with Crippen molar-refractivity contribution in [2.45, 2.75) is 180 Å². The Hall–Kier alpha value is -1.16. The summed E-state index contributed by atoms with van der Waals surface area (Å²) < 4.78 is 67.1. The van der Waals surface area contributed by atoms with Crippen molar-refractivity contribution < 1.29 is 37.2 Å². The number of hydrogen-bond acceptors (Lipinski definition) is 6. The Morgan fingerprint density at radius 1 is 0.959 bits per heavy atom. The molecule has 5 fully saturated rings. The maximum atomic E-state index is 15.5. The molecule has 0 aromatic carbocycles. The largest absolute Gasteiger partial charge is 0.353 e. The fourth-order valence-electron chi connectivity index (χ4n) is 9.60. The van der Waals surface area contributed by atoms with E-state index in [4.69, 9.17) is 28.4 Å². The van der Waals surface area contributed by atoms with E-state index in [9.17, 15) is 0 Å². The third-order valence-corrected chi connectivity index (χ3v) is 12.5. The molecule has 6 nitrogen and oxygen atoms in total. The van der Waals surface area contributed by atoms with Crippen LogP contribution in [0.25, 0.3) is 0 Å². The summed E-state index contributed by atoms with van der Waals surface area (Å²) in [6, 6.07) is 0. The van der Waals surface area contributed by atoms with Gasteiger partial charge in [0.15, 0.2) is 18.9 Å². The lowest BCUT2D eigenvalue weighted by Gasteiger charge is -2.45. The van der Waals surface area contributed by atoms with Gasteiger partial charge in [0.05, 0.1) is 12.2 Å². The normalized spacial score (nSPS) is 36.2. The van der Waals surface area contributed by atoms with Crippen LogP contribution in [0.2, 0.25) is 0 Å². The first kappa shape index (κ1) is 39.1. The number of alkyl halides is 2. The summed E-state index contributed by atoms with van der Waals surface area (Å²) in [6.07, 6.45) is 17.3. The number of allylic oxidation sites excluding steroid dienone is 3. The molecule has 0 radical (unpaired) electrons. The second-order valence-corrected chi connectivity index (χ2v) is 16.3. The number of ether oxygens (including phenoxy) is 6. The first-order valence-electron chi connectivity index (χ1n) is 19.6. The number of hydrogen-bond donors (Lipinski definition) is 0. The predicted octanol–water partition coefficient (Wildman–Crippen LogP) is 10.5. The zero-order chi connectivity index (χ0) is 35.2. The number of halogens is 2. The van der Waals surface area contributed by atoms with Gasteiger partial charge in [0, 0.05) is 32.7 Å². The third kappa shape index (κ3) is 9.64. The van der Waals surface area contributed by atoms with Gasteiger partial charge >= 0.3 is 0 Å². The van der Waals surface area contributed by atoms with Crippen molar-refractivity contribution in [1.29, 1.82) is 0 Å². The minimum Gasteiger partial charge on any atom is -0.353 e. The molecule has 0 bridgehead atoms. The molecule has 2 heterocycles. The molecular weight excluding hydrogens is 626 g/mol. The molecule has 3 unspecified atom stereocenters. The molecule has 0 N–H and O–H groups in total. The predicted molar refractivity (Wildman–Crippen MR) is 189 cm³/mol. The van der Waals surface area contributed by atoms with E-state index in [0.717, 1.165) is 102 Å². The molecule has 8 heteroatoms. The fraction of sp³-hybridized carbons (Fsp3) is 0.854. The lowest BCUT2D eigenvalue weighted by molar-refractivity contribution is -0.264. The van der Waals surface area contributed by atoms with Crippen LogP contribution >= 0.6 is 0 Å². The van der Waals surface area contributed by atoms with Gasteiger partial charge in [-0.25, -0.2) is 8.78 Å². The van der Waals surface area contributed by atoms with Crippen LogP contribution in [-0.2, 0) is 28.4 Å². The van der Waals surface area contributed by atoms with Gasteiger partial charge in [0.25, 0.3) is 5.92 Å². The van der Waals surface area contributed by atoms with E-state index in [1.54, 1.807) is 6.92 Å². The van der Waals surface area contributed by atoms with E-state index in [-0.39, 0.29) is 42.5 Å². The van der Waals surface area contributed by atoms with Crippen molar-refractivity contribution in [1.82, 2.24) is 0 Å². The van der Waals surface area contributed by atoms with Crippen LogP contribution in [-0.4, -0.2) is 62.4 Å². The van der Waals surface area contributed by atoms with Gasteiger partial charge in [-0.2, -0.15) is 0 Å². The summed E-state index contributed by atoms with van der Waals surface area (Å²) in [4.78, 5) is 0.